The van der Waals surface area contributed by atoms with Crippen molar-refractivity contribution >= 4 is 23.2 Å². The van der Waals surface area contributed by atoms with Gasteiger partial charge in [0, 0.05) is 30.9 Å². The van der Waals surface area contributed by atoms with Crippen LogP contribution < -0.4 is 11.1 Å². The van der Waals surface area contributed by atoms with Crippen LogP contribution in [0.25, 0.3) is 5.76 Å². The molecule has 1 saturated carbocycles. The van der Waals surface area contributed by atoms with E-state index < -0.39 is 58.0 Å². The first-order valence-electron chi connectivity index (χ1n) is 11.5. The molecule has 3 aliphatic rings. The average molecular weight is 502 g/mol. The predicted octanol–water partition coefficient (Wildman–Crippen LogP) is -1.03. The topological polar surface area (TPSA) is 190 Å². The molecular formula is C24H31N5O7. The summed E-state index contributed by atoms with van der Waals surface area (Å²) in [6.45, 7) is 0.710. The number of carbonyl (C=O) groups excluding carboxylic acids is 3. The molecule has 0 bridgehead atoms. The molecule has 4 atom stereocenters. The number of aliphatic hydroxyl groups excluding tert-OH is 2. The summed E-state index contributed by atoms with van der Waals surface area (Å²) in [5.41, 5.74) is 2.46. The first-order valence-corrected chi connectivity index (χ1v) is 11.5. The Bertz CT molecular complexity index is 1220. The molecule has 1 aromatic heterocycles. The summed E-state index contributed by atoms with van der Waals surface area (Å²) in [5, 5.41) is 47.6. The van der Waals surface area contributed by atoms with Gasteiger partial charge in [0.05, 0.1) is 17.3 Å². The van der Waals surface area contributed by atoms with Crippen molar-refractivity contribution in [1.29, 1.82) is 0 Å². The molecule has 0 aliphatic heterocycles. The van der Waals surface area contributed by atoms with Crippen LogP contribution in [0.1, 0.15) is 23.2 Å². The second-order valence-corrected chi connectivity index (χ2v) is 10.1. The number of aromatic nitrogens is 1. The molecule has 1 amide bonds. The quantitative estimate of drug-likeness (QED) is 0.206. The third-order valence-electron chi connectivity index (χ3n) is 7.26. The summed E-state index contributed by atoms with van der Waals surface area (Å²) in [7, 11) is 6.84. The normalized spacial score (nSPS) is 27.9. The monoisotopic (exact) mass is 501 g/mol. The van der Waals surface area contributed by atoms with Gasteiger partial charge in [-0.3, -0.25) is 34.5 Å². The van der Waals surface area contributed by atoms with Crippen molar-refractivity contribution in [2.45, 2.75) is 31.0 Å². The second kappa shape index (κ2) is 8.96. The van der Waals surface area contributed by atoms with Gasteiger partial charge in [0.15, 0.2) is 11.4 Å². The van der Waals surface area contributed by atoms with Crippen LogP contribution >= 0.6 is 0 Å². The van der Waals surface area contributed by atoms with Gasteiger partial charge >= 0.3 is 0 Å². The minimum atomic E-state index is -2.65. The third kappa shape index (κ3) is 3.68. The lowest BCUT2D eigenvalue weighted by molar-refractivity contribution is -0.153. The number of ketones is 2. The van der Waals surface area contributed by atoms with Crippen molar-refractivity contribution in [3.8, 4) is 5.75 Å². The fourth-order valence-corrected chi connectivity index (χ4v) is 5.68. The summed E-state index contributed by atoms with van der Waals surface area (Å²) in [4.78, 5) is 46.5. The maximum atomic E-state index is 13.8. The Labute approximate surface area is 207 Å². The molecule has 1 aromatic rings. The van der Waals surface area contributed by atoms with Crippen LogP contribution in [0.2, 0.25) is 0 Å². The van der Waals surface area contributed by atoms with Gasteiger partial charge < -0.3 is 26.2 Å². The number of aromatic hydroxyl groups is 1. The first kappa shape index (κ1) is 25.8. The molecular weight excluding hydrogens is 470 g/mol. The van der Waals surface area contributed by atoms with E-state index in [1.165, 1.54) is 11.1 Å². The molecule has 194 valence electrons. The Hall–Kier alpha value is -3.32. The lowest BCUT2D eigenvalue weighted by atomic mass is 9.57. The number of nitrogens with one attached hydrogen (secondary N) is 1. The van der Waals surface area contributed by atoms with E-state index in [0.717, 1.165) is 0 Å². The van der Waals surface area contributed by atoms with Crippen molar-refractivity contribution < 1.29 is 34.8 Å². The Kier molecular flexibility index (Phi) is 6.41. The van der Waals surface area contributed by atoms with E-state index in [2.05, 4.69) is 10.3 Å². The number of hydrogen-bond donors (Lipinski definition) is 6. The van der Waals surface area contributed by atoms with E-state index in [9.17, 15) is 34.8 Å². The lowest BCUT2D eigenvalue weighted by Crippen LogP contribution is -2.65. The van der Waals surface area contributed by atoms with Crippen molar-refractivity contribution in [3.63, 3.8) is 0 Å². The largest absolute Gasteiger partial charge is 0.508 e. The summed E-state index contributed by atoms with van der Waals surface area (Å²) < 4.78 is 0. The Morgan fingerprint density at radius 3 is 2.47 bits per heavy atom. The Morgan fingerprint density at radius 1 is 1.22 bits per heavy atom. The number of pyridine rings is 1. The van der Waals surface area contributed by atoms with Crippen LogP contribution in [0.15, 0.2) is 23.1 Å². The number of carbonyl (C=O) groups is 3. The highest BCUT2D eigenvalue weighted by molar-refractivity contribution is 6.24. The second-order valence-electron chi connectivity index (χ2n) is 10.1. The highest BCUT2D eigenvalue weighted by atomic mass is 16.3. The van der Waals surface area contributed by atoms with Gasteiger partial charge in [-0.05, 0) is 52.5 Å². The number of rotatable bonds is 6. The molecule has 0 spiro atoms. The molecule has 0 unspecified atom stereocenters. The first-order chi connectivity index (χ1) is 16.8. The van der Waals surface area contributed by atoms with Crippen molar-refractivity contribution in [3.05, 3.63) is 39.9 Å². The summed E-state index contributed by atoms with van der Waals surface area (Å²) in [6.07, 6.45) is 1.77. The number of Topliss-reactive ketones (excluding diaryl/α,β-unsaturated/α-hetero) is 2. The van der Waals surface area contributed by atoms with E-state index in [0.29, 0.717) is 12.2 Å². The molecule has 4 rings (SSSR count). The highest BCUT2D eigenvalue weighted by Gasteiger charge is 2.64. The molecule has 1 heterocycles. The number of nitrogens with two attached hydrogens (primary N) is 1. The van der Waals surface area contributed by atoms with E-state index in [1.807, 2.05) is 19.0 Å². The summed E-state index contributed by atoms with van der Waals surface area (Å²) in [5.74, 6) is -6.74. The molecule has 36 heavy (non-hydrogen) atoms. The molecule has 1 fully saturated rings. The van der Waals surface area contributed by atoms with Crippen LogP contribution in [0, 0.1) is 11.8 Å². The predicted molar refractivity (Wildman–Crippen MR) is 127 cm³/mol. The van der Waals surface area contributed by atoms with Gasteiger partial charge in [0.2, 0.25) is 5.78 Å². The zero-order chi connectivity index (χ0) is 26.7. The average Bonchev–Trinajstić information content (AvgIpc) is 2.77. The number of primary amides is 1. The highest BCUT2D eigenvalue weighted by Crippen LogP contribution is 2.52. The number of fused-ring (bicyclic) bond motifs is 3. The fraction of sp³-hybridized carbons (Fsp3) is 0.500. The van der Waals surface area contributed by atoms with Gasteiger partial charge in [-0.1, -0.05) is 0 Å². The Balaban J connectivity index is 1.85. The Morgan fingerprint density at radius 2 is 1.89 bits per heavy atom. The maximum Gasteiger partial charge on any atom is 0.255 e. The fourth-order valence-electron chi connectivity index (χ4n) is 5.68. The van der Waals surface area contributed by atoms with Crippen LogP contribution in [-0.4, -0.2) is 99.2 Å². The smallest absolute Gasteiger partial charge is 0.255 e. The van der Waals surface area contributed by atoms with Gasteiger partial charge in [0.25, 0.3) is 5.91 Å². The minimum absolute atomic E-state index is 0.0305. The zero-order valence-corrected chi connectivity index (χ0v) is 20.6. The molecule has 3 aliphatic carbocycles. The maximum absolute atomic E-state index is 13.8. The molecule has 0 radical (unpaired) electrons. The van der Waals surface area contributed by atoms with Crippen molar-refractivity contribution in [1.82, 2.24) is 20.1 Å². The van der Waals surface area contributed by atoms with Crippen LogP contribution in [0.5, 0.6) is 5.75 Å². The number of amides is 1. The molecule has 0 aromatic carbocycles. The number of hydrogen-bond acceptors (Lipinski definition) is 11. The zero-order valence-electron chi connectivity index (χ0n) is 20.6. The van der Waals surface area contributed by atoms with E-state index >= 15 is 0 Å². The standard InChI is InChI=1S/C24H31N5O7/c1-28(2)9-26-8-13-18(30)14-11(7-27-13)5-10-6-12-17(29(3)4)20(32)16(23(25)35)22(34)24(12,36)21(33)15(10)19(14)31/h7,10,12,17,26,30-31,34,36H,5-6,8-9H2,1-4H3,(H2,25,35)/t10-,12-,17-,24-/m0/s1. The van der Waals surface area contributed by atoms with Crippen molar-refractivity contribution in [2.75, 3.05) is 34.9 Å². The number of nitrogens with zero attached hydrogens (tertiary/aromatic N) is 3. The minimum Gasteiger partial charge on any atom is -0.508 e. The van der Waals surface area contributed by atoms with Gasteiger partial charge in [-0.15, -0.1) is 0 Å². The van der Waals surface area contributed by atoms with Gasteiger partial charge in [-0.25, -0.2) is 0 Å². The van der Waals surface area contributed by atoms with Crippen LogP contribution in [0.3, 0.4) is 0 Å². The summed E-state index contributed by atoms with van der Waals surface area (Å²) in [6, 6.07) is -1.11. The molecule has 12 nitrogen and oxygen atoms in total. The number of likely N-dealkylation sites (N-methyl/N-ethyl adjacent to an activating group) is 1. The SMILES string of the molecule is CN(C)CNCc1ncc2c(c1O)C(O)=C1C(=O)[C@]3(O)C(O)=C(C(N)=O)C(=O)[C@@H](N(C)C)[C@@H]3C[C@@H]1C2. The van der Waals surface area contributed by atoms with Gasteiger partial charge in [-0.2, -0.15) is 0 Å². The van der Waals surface area contributed by atoms with Crippen LogP contribution in [0.4, 0.5) is 0 Å². The van der Waals surface area contributed by atoms with E-state index in [4.69, 9.17) is 5.73 Å². The number of aliphatic hydroxyl groups is 3. The molecule has 0 saturated heterocycles. The van der Waals surface area contributed by atoms with Crippen molar-refractivity contribution in [2.24, 2.45) is 17.6 Å². The third-order valence-corrected chi connectivity index (χ3v) is 7.26. The van der Waals surface area contributed by atoms with Crippen LogP contribution in [-0.2, 0) is 27.3 Å². The van der Waals surface area contributed by atoms with Gasteiger partial charge in [0.1, 0.15) is 22.8 Å². The lowest BCUT2D eigenvalue weighted by Gasteiger charge is -2.50. The van der Waals surface area contributed by atoms with E-state index in [-0.39, 0.29) is 42.0 Å². The van der Waals surface area contributed by atoms with E-state index in [1.54, 1.807) is 14.1 Å². The molecule has 12 heteroatoms. The molecule has 7 N–H and O–H groups in total. The summed E-state index contributed by atoms with van der Waals surface area (Å²) >= 11 is 0.